The number of rotatable bonds is 7. The van der Waals surface area contributed by atoms with Gasteiger partial charge in [0.05, 0.1) is 19.5 Å². The number of ether oxygens (including phenoxy) is 5. The van der Waals surface area contributed by atoms with Crippen LogP contribution in [0.4, 0.5) is 0 Å². The first-order valence-electron chi connectivity index (χ1n) is 8.58. The van der Waals surface area contributed by atoms with Crippen molar-refractivity contribution in [1.29, 1.82) is 0 Å². The molecule has 1 aromatic carbocycles. The monoisotopic (exact) mass is 350 g/mol. The van der Waals surface area contributed by atoms with Gasteiger partial charge in [-0.05, 0) is 26.3 Å². The summed E-state index contributed by atoms with van der Waals surface area (Å²) in [5, 5.41) is 9.71. The lowest BCUT2D eigenvalue weighted by Crippen LogP contribution is -2.44. The topological polar surface area (TPSA) is 66.4 Å². The van der Waals surface area contributed by atoms with E-state index in [1.807, 2.05) is 51.1 Å². The van der Waals surface area contributed by atoms with Crippen LogP contribution in [0.25, 0.3) is 0 Å². The summed E-state index contributed by atoms with van der Waals surface area (Å²) in [6.45, 7) is 5.76. The number of hydrogen-bond acceptors (Lipinski definition) is 6. The molecule has 2 aliphatic rings. The molecule has 0 bridgehead atoms. The molecule has 6 nitrogen and oxygen atoms in total. The first-order chi connectivity index (χ1) is 12.0. The quantitative estimate of drug-likeness (QED) is 0.762. The molecule has 0 spiro atoms. The van der Waals surface area contributed by atoms with E-state index in [0.717, 1.165) is 5.56 Å². The Morgan fingerprint density at radius 3 is 2.68 bits per heavy atom. The summed E-state index contributed by atoms with van der Waals surface area (Å²) >= 11 is 0. The maximum atomic E-state index is 9.71. The molecule has 5 atom stereocenters. The van der Waals surface area contributed by atoms with E-state index in [1.165, 1.54) is 6.26 Å². The van der Waals surface area contributed by atoms with Gasteiger partial charge in [0.1, 0.15) is 24.4 Å². The smallest absolute Gasteiger partial charge is 0.190 e. The summed E-state index contributed by atoms with van der Waals surface area (Å²) in [7, 11) is 0. The fourth-order valence-corrected chi connectivity index (χ4v) is 3.16. The van der Waals surface area contributed by atoms with E-state index in [9.17, 15) is 5.11 Å². The van der Waals surface area contributed by atoms with Gasteiger partial charge in [-0.1, -0.05) is 36.4 Å². The van der Waals surface area contributed by atoms with Gasteiger partial charge in [-0.15, -0.1) is 0 Å². The maximum absolute atomic E-state index is 9.71. The van der Waals surface area contributed by atoms with Crippen LogP contribution in [0.15, 0.2) is 42.7 Å². The second-order valence-electron chi connectivity index (χ2n) is 6.66. The molecule has 0 aliphatic carbocycles. The second kappa shape index (κ2) is 7.85. The Morgan fingerprint density at radius 1 is 1.24 bits per heavy atom. The lowest BCUT2D eigenvalue weighted by atomic mass is 10.1. The van der Waals surface area contributed by atoms with Crippen molar-refractivity contribution in [3.63, 3.8) is 0 Å². The fraction of sp³-hybridized carbons (Fsp3) is 0.579. The van der Waals surface area contributed by atoms with Crippen molar-refractivity contribution in [2.45, 2.75) is 63.9 Å². The molecule has 0 radical (unpaired) electrons. The number of benzene rings is 1. The summed E-state index contributed by atoms with van der Waals surface area (Å²) in [6.07, 6.45) is 0.936. The molecule has 6 heteroatoms. The molecule has 138 valence electrons. The van der Waals surface area contributed by atoms with Crippen LogP contribution in [-0.2, 0) is 30.3 Å². The van der Waals surface area contributed by atoms with Crippen molar-refractivity contribution in [3.8, 4) is 0 Å². The lowest BCUT2D eigenvalue weighted by Gasteiger charge is -2.29. The normalized spacial score (nSPS) is 32.0. The number of hydrogen-bond donors (Lipinski definition) is 1. The van der Waals surface area contributed by atoms with E-state index in [0.29, 0.717) is 6.61 Å². The lowest BCUT2D eigenvalue weighted by molar-refractivity contribution is -0.232. The highest BCUT2D eigenvalue weighted by atomic mass is 16.8. The molecule has 2 fully saturated rings. The van der Waals surface area contributed by atoms with Crippen LogP contribution in [0, 0.1) is 0 Å². The Hall–Kier alpha value is -1.44. The Kier molecular flexibility index (Phi) is 5.76. The van der Waals surface area contributed by atoms with Gasteiger partial charge >= 0.3 is 0 Å². The molecular formula is C19H26O6. The van der Waals surface area contributed by atoms with Crippen LogP contribution >= 0.6 is 0 Å². The van der Waals surface area contributed by atoms with E-state index in [1.54, 1.807) is 6.08 Å². The van der Waals surface area contributed by atoms with E-state index in [2.05, 4.69) is 0 Å². The molecule has 25 heavy (non-hydrogen) atoms. The highest BCUT2D eigenvalue weighted by Crippen LogP contribution is 2.40. The average Bonchev–Trinajstić information content (AvgIpc) is 3.06. The first-order valence-corrected chi connectivity index (χ1v) is 8.58. The van der Waals surface area contributed by atoms with Crippen molar-refractivity contribution >= 4 is 0 Å². The predicted octanol–water partition coefficient (Wildman–Crippen LogP) is 2.36. The van der Waals surface area contributed by atoms with Crippen molar-refractivity contribution in [2.24, 2.45) is 0 Å². The molecule has 0 saturated carbocycles. The van der Waals surface area contributed by atoms with Gasteiger partial charge in [-0.2, -0.15) is 0 Å². The molecule has 2 heterocycles. The summed E-state index contributed by atoms with van der Waals surface area (Å²) in [5.74, 6) is -0.729. The third-order valence-electron chi connectivity index (χ3n) is 4.25. The van der Waals surface area contributed by atoms with Gasteiger partial charge in [0, 0.05) is 0 Å². The molecular weight excluding hydrogens is 324 g/mol. The molecule has 2 saturated heterocycles. The Bertz CT molecular complexity index is 573. The van der Waals surface area contributed by atoms with E-state index >= 15 is 0 Å². The van der Waals surface area contributed by atoms with Gasteiger partial charge in [-0.25, -0.2) is 0 Å². The minimum absolute atomic E-state index is 0.191. The summed E-state index contributed by atoms with van der Waals surface area (Å²) in [5.41, 5.74) is 1.05. The average molecular weight is 350 g/mol. The van der Waals surface area contributed by atoms with Gasteiger partial charge in [0.25, 0.3) is 0 Å². The zero-order valence-corrected chi connectivity index (χ0v) is 14.8. The molecule has 2 aliphatic heterocycles. The Balaban J connectivity index is 1.74. The van der Waals surface area contributed by atoms with Crippen LogP contribution in [-0.4, -0.2) is 48.2 Å². The first kappa shape index (κ1) is 18.4. The van der Waals surface area contributed by atoms with Crippen molar-refractivity contribution in [2.75, 3.05) is 6.61 Å². The van der Waals surface area contributed by atoms with Gasteiger partial charge in [-0.3, -0.25) is 0 Å². The molecule has 0 amide bonds. The standard InChI is InChI=1S/C19H26O6/c1-4-10-21-14(11-20)15-16(22-12-13-8-6-5-7-9-13)17-18(23-15)25-19(2,3)24-17/h4-10,14-18,20H,11-12H2,1-3H3/b10-4-/t14-,15-,16-,17-,18-/m1/s1. The van der Waals surface area contributed by atoms with Crippen LogP contribution < -0.4 is 0 Å². The summed E-state index contributed by atoms with van der Waals surface area (Å²) in [4.78, 5) is 0. The SMILES string of the molecule is C/C=C\O[C@H](CO)[C@H]1O[C@@H]2OC(C)(C)O[C@@H]2[C@@H]1OCc1ccccc1. The van der Waals surface area contributed by atoms with Gasteiger partial charge < -0.3 is 28.8 Å². The fourth-order valence-electron chi connectivity index (χ4n) is 3.16. The highest BCUT2D eigenvalue weighted by Gasteiger charge is 2.57. The predicted molar refractivity (Wildman–Crippen MR) is 90.5 cm³/mol. The van der Waals surface area contributed by atoms with Gasteiger partial charge in [0.2, 0.25) is 0 Å². The molecule has 0 unspecified atom stereocenters. The minimum Gasteiger partial charge on any atom is -0.493 e. The molecule has 1 N–H and O–H groups in total. The van der Waals surface area contributed by atoms with Crippen molar-refractivity contribution in [1.82, 2.24) is 0 Å². The zero-order valence-electron chi connectivity index (χ0n) is 14.8. The van der Waals surface area contributed by atoms with Crippen LogP contribution in [0.1, 0.15) is 26.3 Å². The molecule has 0 aromatic heterocycles. The van der Waals surface area contributed by atoms with E-state index in [-0.39, 0.29) is 12.7 Å². The summed E-state index contributed by atoms with van der Waals surface area (Å²) in [6, 6.07) is 9.89. The zero-order chi connectivity index (χ0) is 17.9. The highest BCUT2D eigenvalue weighted by molar-refractivity contribution is 5.13. The van der Waals surface area contributed by atoms with Crippen molar-refractivity contribution < 1.29 is 28.8 Å². The third kappa shape index (κ3) is 4.22. The van der Waals surface area contributed by atoms with Crippen LogP contribution in [0.5, 0.6) is 0 Å². The van der Waals surface area contributed by atoms with E-state index < -0.39 is 30.4 Å². The van der Waals surface area contributed by atoms with Crippen LogP contribution in [0.3, 0.4) is 0 Å². The number of allylic oxidation sites excluding steroid dienone is 1. The maximum Gasteiger partial charge on any atom is 0.190 e. The van der Waals surface area contributed by atoms with Crippen LogP contribution in [0.2, 0.25) is 0 Å². The third-order valence-corrected chi connectivity index (χ3v) is 4.25. The van der Waals surface area contributed by atoms with Gasteiger partial charge in [0.15, 0.2) is 12.1 Å². The second-order valence-corrected chi connectivity index (χ2v) is 6.66. The summed E-state index contributed by atoms with van der Waals surface area (Å²) < 4.78 is 29.5. The van der Waals surface area contributed by atoms with E-state index in [4.69, 9.17) is 23.7 Å². The number of aliphatic hydroxyl groups is 1. The number of aliphatic hydroxyl groups excluding tert-OH is 1. The molecule has 1 aromatic rings. The number of fused-ring (bicyclic) bond motifs is 1. The van der Waals surface area contributed by atoms with Crippen molar-refractivity contribution in [3.05, 3.63) is 48.2 Å². The molecule has 3 rings (SSSR count). The minimum atomic E-state index is -0.729. The largest absolute Gasteiger partial charge is 0.493 e. The Labute approximate surface area is 148 Å². The Morgan fingerprint density at radius 2 is 2.00 bits per heavy atom.